The zero-order chi connectivity index (χ0) is 10.5. The van der Waals surface area contributed by atoms with Gasteiger partial charge in [0.15, 0.2) is 0 Å². The SMILES string of the molecule is C=CC(NN)C12CC3CC(CC(C3)C1)C2. The van der Waals surface area contributed by atoms with Gasteiger partial charge in [-0.25, -0.2) is 0 Å². The second kappa shape index (κ2) is 3.33. The number of hydrogen-bond donors (Lipinski definition) is 2. The average Bonchev–Trinajstić information content (AvgIpc) is 2.16. The van der Waals surface area contributed by atoms with E-state index in [2.05, 4.69) is 12.0 Å². The van der Waals surface area contributed by atoms with Crippen molar-refractivity contribution in [3.63, 3.8) is 0 Å². The Morgan fingerprint density at radius 3 is 1.93 bits per heavy atom. The minimum Gasteiger partial charge on any atom is -0.271 e. The molecule has 0 spiro atoms. The Balaban J connectivity index is 1.89. The van der Waals surface area contributed by atoms with Gasteiger partial charge in [-0.15, -0.1) is 6.58 Å². The lowest BCUT2D eigenvalue weighted by Gasteiger charge is -2.59. The molecule has 4 rings (SSSR count). The van der Waals surface area contributed by atoms with Crippen LogP contribution in [-0.4, -0.2) is 6.04 Å². The van der Waals surface area contributed by atoms with Gasteiger partial charge in [0.1, 0.15) is 0 Å². The Labute approximate surface area is 92.3 Å². The third-order valence-corrected chi connectivity index (χ3v) is 5.16. The average molecular weight is 206 g/mol. The van der Waals surface area contributed by atoms with Crippen LogP contribution in [0.25, 0.3) is 0 Å². The number of rotatable bonds is 3. The van der Waals surface area contributed by atoms with Crippen molar-refractivity contribution in [2.45, 2.75) is 44.6 Å². The van der Waals surface area contributed by atoms with Crippen LogP contribution in [0.1, 0.15) is 38.5 Å². The fraction of sp³-hybridized carbons (Fsp3) is 0.846. The molecule has 4 fully saturated rings. The summed E-state index contributed by atoms with van der Waals surface area (Å²) in [5.74, 6) is 8.66. The molecule has 4 aliphatic rings. The predicted molar refractivity (Wildman–Crippen MR) is 61.9 cm³/mol. The molecule has 2 nitrogen and oxygen atoms in total. The summed E-state index contributed by atoms with van der Waals surface area (Å²) in [6.07, 6.45) is 10.7. The number of hydrogen-bond acceptors (Lipinski definition) is 2. The van der Waals surface area contributed by atoms with E-state index in [0.717, 1.165) is 17.8 Å². The Bertz CT molecular complexity index is 236. The fourth-order valence-electron chi connectivity index (χ4n) is 5.05. The van der Waals surface area contributed by atoms with Crippen LogP contribution in [0.4, 0.5) is 0 Å². The summed E-state index contributed by atoms with van der Waals surface area (Å²) in [5.41, 5.74) is 3.45. The molecule has 0 amide bonds. The van der Waals surface area contributed by atoms with Gasteiger partial charge in [0, 0.05) is 6.04 Å². The molecule has 4 saturated carbocycles. The van der Waals surface area contributed by atoms with Gasteiger partial charge in [0.05, 0.1) is 0 Å². The van der Waals surface area contributed by atoms with E-state index in [1.54, 1.807) is 0 Å². The molecule has 15 heavy (non-hydrogen) atoms. The Hall–Kier alpha value is -0.340. The largest absolute Gasteiger partial charge is 0.271 e. The zero-order valence-corrected chi connectivity index (χ0v) is 9.41. The van der Waals surface area contributed by atoms with Crippen LogP contribution >= 0.6 is 0 Å². The standard InChI is InChI=1S/C13H22N2/c1-2-12(15-14)13-6-9-3-10(7-13)5-11(4-9)8-13/h2,9-12,15H,1,3-8,14H2. The first-order chi connectivity index (χ1) is 7.25. The van der Waals surface area contributed by atoms with Crippen molar-refractivity contribution >= 4 is 0 Å². The highest BCUT2D eigenvalue weighted by Crippen LogP contribution is 2.61. The lowest BCUT2D eigenvalue weighted by molar-refractivity contribution is -0.0649. The molecule has 1 atom stereocenters. The van der Waals surface area contributed by atoms with E-state index in [-0.39, 0.29) is 0 Å². The Morgan fingerprint density at radius 2 is 1.60 bits per heavy atom. The first-order valence-electron chi connectivity index (χ1n) is 6.34. The van der Waals surface area contributed by atoms with E-state index >= 15 is 0 Å². The first kappa shape index (κ1) is 9.86. The van der Waals surface area contributed by atoms with E-state index in [1.165, 1.54) is 38.5 Å². The summed E-state index contributed by atoms with van der Waals surface area (Å²) in [5, 5.41) is 0. The molecule has 0 aromatic rings. The molecule has 84 valence electrons. The Kier molecular flexibility index (Phi) is 2.18. The lowest BCUT2D eigenvalue weighted by Crippen LogP contribution is -2.56. The van der Waals surface area contributed by atoms with Crippen molar-refractivity contribution in [2.75, 3.05) is 0 Å². The first-order valence-corrected chi connectivity index (χ1v) is 6.34. The second-order valence-electron chi connectivity index (χ2n) is 6.16. The van der Waals surface area contributed by atoms with E-state index in [0.29, 0.717) is 11.5 Å². The lowest BCUT2D eigenvalue weighted by atomic mass is 9.48. The zero-order valence-electron chi connectivity index (χ0n) is 9.41. The van der Waals surface area contributed by atoms with Crippen LogP contribution in [0, 0.1) is 23.2 Å². The number of nitrogens with one attached hydrogen (secondary N) is 1. The van der Waals surface area contributed by atoms with Crippen molar-refractivity contribution < 1.29 is 0 Å². The van der Waals surface area contributed by atoms with Crippen LogP contribution in [0.5, 0.6) is 0 Å². The quantitative estimate of drug-likeness (QED) is 0.422. The third-order valence-electron chi connectivity index (χ3n) is 5.16. The molecule has 0 heterocycles. The van der Waals surface area contributed by atoms with Crippen LogP contribution < -0.4 is 11.3 Å². The summed E-state index contributed by atoms with van der Waals surface area (Å²) < 4.78 is 0. The van der Waals surface area contributed by atoms with Crippen LogP contribution in [0.15, 0.2) is 12.7 Å². The maximum absolute atomic E-state index is 5.68. The van der Waals surface area contributed by atoms with E-state index < -0.39 is 0 Å². The summed E-state index contributed by atoms with van der Waals surface area (Å²) in [4.78, 5) is 0. The summed E-state index contributed by atoms with van der Waals surface area (Å²) in [6, 6.07) is 0.339. The van der Waals surface area contributed by atoms with E-state index in [4.69, 9.17) is 5.84 Å². The summed E-state index contributed by atoms with van der Waals surface area (Å²) in [6.45, 7) is 3.95. The van der Waals surface area contributed by atoms with Gasteiger partial charge in [0.25, 0.3) is 0 Å². The molecule has 0 aliphatic heterocycles. The normalized spacial score (nSPS) is 49.3. The van der Waals surface area contributed by atoms with Crippen LogP contribution in [-0.2, 0) is 0 Å². The highest BCUT2D eigenvalue weighted by Gasteiger charge is 2.53. The van der Waals surface area contributed by atoms with E-state index in [9.17, 15) is 0 Å². The molecule has 2 heteroatoms. The monoisotopic (exact) mass is 206 g/mol. The molecule has 0 aromatic heterocycles. The van der Waals surface area contributed by atoms with E-state index in [1.807, 2.05) is 6.08 Å². The summed E-state index contributed by atoms with van der Waals surface area (Å²) in [7, 11) is 0. The minimum atomic E-state index is 0.339. The maximum atomic E-state index is 5.68. The highest BCUT2D eigenvalue weighted by molar-refractivity contribution is 5.09. The van der Waals surface area contributed by atoms with Crippen molar-refractivity contribution in [3.8, 4) is 0 Å². The molecule has 1 unspecified atom stereocenters. The molecular weight excluding hydrogens is 184 g/mol. The van der Waals surface area contributed by atoms with Crippen molar-refractivity contribution in [1.29, 1.82) is 0 Å². The predicted octanol–water partition coefficient (Wildman–Crippen LogP) is 2.22. The van der Waals surface area contributed by atoms with Crippen LogP contribution in [0.3, 0.4) is 0 Å². The third kappa shape index (κ3) is 1.38. The molecule has 0 saturated heterocycles. The highest BCUT2D eigenvalue weighted by atomic mass is 15.2. The van der Waals surface area contributed by atoms with Gasteiger partial charge in [0.2, 0.25) is 0 Å². The van der Waals surface area contributed by atoms with Crippen molar-refractivity contribution in [2.24, 2.45) is 29.0 Å². The fourth-order valence-corrected chi connectivity index (χ4v) is 5.05. The summed E-state index contributed by atoms with van der Waals surface area (Å²) >= 11 is 0. The Morgan fingerprint density at radius 1 is 1.13 bits per heavy atom. The topological polar surface area (TPSA) is 38.0 Å². The molecule has 4 bridgehead atoms. The van der Waals surface area contributed by atoms with Crippen molar-refractivity contribution in [3.05, 3.63) is 12.7 Å². The maximum Gasteiger partial charge on any atom is 0.0444 e. The van der Waals surface area contributed by atoms with Gasteiger partial charge >= 0.3 is 0 Å². The minimum absolute atomic E-state index is 0.339. The van der Waals surface area contributed by atoms with Gasteiger partial charge in [-0.3, -0.25) is 11.3 Å². The second-order valence-corrected chi connectivity index (χ2v) is 6.16. The molecule has 0 aromatic carbocycles. The molecule has 4 aliphatic carbocycles. The van der Waals surface area contributed by atoms with Gasteiger partial charge < -0.3 is 0 Å². The van der Waals surface area contributed by atoms with Gasteiger partial charge in [-0.2, -0.15) is 0 Å². The molecular formula is C13H22N2. The molecule has 0 radical (unpaired) electrons. The van der Waals surface area contributed by atoms with Gasteiger partial charge in [-0.05, 0) is 61.7 Å². The molecule has 3 N–H and O–H groups in total. The number of nitrogens with two attached hydrogens (primary N) is 1. The smallest absolute Gasteiger partial charge is 0.0444 e. The van der Waals surface area contributed by atoms with Crippen molar-refractivity contribution in [1.82, 2.24) is 5.43 Å². The van der Waals surface area contributed by atoms with Gasteiger partial charge in [-0.1, -0.05) is 6.08 Å². The van der Waals surface area contributed by atoms with Crippen LogP contribution in [0.2, 0.25) is 0 Å². The number of hydrazine groups is 1.